The number of hydrogen-bond donors (Lipinski definition) is 1. The molecule has 0 aliphatic heterocycles. The van der Waals surface area contributed by atoms with Crippen molar-refractivity contribution in [2.75, 3.05) is 20.1 Å². The molecule has 0 aliphatic carbocycles. The Kier molecular flexibility index (Phi) is 13.3. The van der Waals surface area contributed by atoms with E-state index in [0.717, 1.165) is 0 Å². The molecule has 2 heteroatoms. The van der Waals surface area contributed by atoms with Gasteiger partial charge in [-0.3, -0.25) is 0 Å². The molecule has 0 saturated heterocycles. The smallest absolute Gasteiger partial charge is 0.0768 e. The van der Waals surface area contributed by atoms with Crippen LogP contribution < -0.4 is 17.3 Å². The van der Waals surface area contributed by atoms with E-state index in [1.165, 1.54) is 100 Å². The number of fused-ring (bicyclic) bond motifs is 1. The van der Waals surface area contributed by atoms with Crippen molar-refractivity contribution in [1.29, 1.82) is 0 Å². The summed E-state index contributed by atoms with van der Waals surface area (Å²) in [6.07, 6.45) is 15.4. The maximum absolute atomic E-state index is 2.31. The minimum absolute atomic E-state index is 0. The van der Waals surface area contributed by atoms with Crippen molar-refractivity contribution >= 4 is 10.8 Å². The monoisotopic (exact) mass is 389 g/mol. The van der Waals surface area contributed by atoms with Gasteiger partial charge in [0, 0.05) is 0 Å². The number of rotatable bonds is 14. The van der Waals surface area contributed by atoms with Crippen LogP contribution in [-0.4, -0.2) is 20.1 Å². The van der Waals surface area contributed by atoms with Crippen LogP contribution in [0.2, 0.25) is 0 Å². The highest BCUT2D eigenvalue weighted by molar-refractivity contribution is 5.85. The lowest BCUT2D eigenvalue weighted by Crippen LogP contribution is -3.08. The Balaban J connectivity index is 0.00000364. The van der Waals surface area contributed by atoms with E-state index in [-0.39, 0.29) is 12.4 Å². The van der Waals surface area contributed by atoms with E-state index in [0.29, 0.717) is 0 Å². The highest BCUT2D eigenvalue weighted by Gasteiger charge is 2.00. The van der Waals surface area contributed by atoms with E-state index in [2.05, 4.69) is 56.4 Å². The zero-order valence-corrected chi connectivity index (χ0v) is 18.4. The average Bonchev–Trinajstić information content (AvgIpc) is 2.68. The van der Waals surface area contributed by atoms with Crippen LogP contribution >= 0.6 is 0 Å². The minimum atomic E-state index is 0. The lowest BCUT2D eigenvalue weighted by atomic mass is 9.99. The van der Waals surface area contributed by atoms with Crippen LogP contribution in [0.5, 0.6) is 0 Å². The van der Waals surface area contributed by atoms with E-state index >= 15 is 0 Å². The average molecular weight is 390 g/mol. The number of unbranched alkanes of at least 4 members (excludes halogenated alkanes) is 9. The minimum Gasteiger partial charge on any atom is -1.00 e. The number of halogens is 1. The Morgan fingerprint density at radius 3 is 1.89 bits per heavy atom. The molecular formula is C25H40ClN. The molecule has 0 radical (unpaired) electrons. The Morgan fingerprint density at radius 1 is 0.667 bits per heavy atom. The summed E-state index contributed by atoms with van der Waals surface area (Å²) in [5.74, 6) is 0. The number of quaternary nitrogens is 1. The van der Waals surface area contributed by atoms with E-state index in [1.807, 2.05) is 0 Å². The first-order valence-corrected chi connectivity index (χ1v) is 11.1. The standard InChI is InChI=1S/C25H39N.ClH/c1-3-26(2)22-15-11-9-7-5-4-6-8-10-12-17-23-19-16-20-24-18-13-14-21-25(23)24;/h13-14,16,18-21H,3-12,15,17,22H2,1-2H3;1H. The molecule has 0 aliphatic rings. The van der Waals surface area contributed by atoms with Gasteiger partial charge in [0.2, 0.25) is 0 Å². The van der Waals surface area contributed by atoms with Crippen LogP contribution in [0.15, 0.2) is 42.5 Å². The molecule has 152 valence electrons. The van der Waals surface area contributed by atoms with Crippen LogP contribution in [0.25, 0.3) is 10.8 Å². The van der Waals surface area contributed by atoms with Crippen molar-refractivity contribution in [3.05, 3.63) is 48.0 Å². The third-order valence-corrected chi connectivity index (χ3v) is 5.78. The summed E-state index contributed by atoms with van der Waals surface area (Å²) < 4.78 is 0. The first-order chi connectivity index (χ1) is 12.8. The van der Waals surface area contributed by atoms with Gasteiger partial charge < -0.3 is 17.3 Å². The van der Waals surface area contributed by atoms with Crippen molar-refractivity contribution < 1.29 is 17.3 Å². The molecule has 27 heavy (non-hydrogen) atoms. The Bertz CT molecular complexity index is 605. The quantitative estimate of drug-likeness (QED) is 0.474. The number of nitrogens with one attached hydrogen (secondary N) is 1. The third-order valence-electron chi connectivity index (χ3n) is 5.78. The maximum atomic E-state index is 2.31. The molecule has 0 aromatic heterocycles. The summed E-state index contributed by atoms with van der Waals surface area (Å²) in [6, 6.07) is 15.5. The molecule has 1 atom stereocenters. The molecular weight excluding hydrogens is 350 g/mol. The van der Waals surface area contributed by atoms with Gasteiger partial charge in [0.1, 0.15) is 0 Å². The maximum Gasteiger partial charge on any atom is 0.0768 e. The molecule has 1 N–H and O–H groups in total. The van der Waals surface area contributed by atoms with E-state index in [9.17, 15) is 0 Å². The van der Waals surface area contributed by atoms with Crippen molar-refractivity contribution in [3.8, 4) is 0 Å². The summed E-state index contributed by atoms with van der Waals surface area (Å²) in [6.45, 7) is 4.89. The van der Waals surface area contributed by atoms with Crippen LogP contribution in [-0.2, 0) is 6.42 Å². The number of hydrogen-bond acceptors (Lipinski definition) is 0. The van der Waals surface area contributed by atoms with E-state index < -0.39 is 0 Å². The summed E-state index contributed by atoms with van der Waals surface area (Å²) in [4.78, 5) is 1.67. The Morgan fingerprint density at radius 2 is 1.22 bits per heavy atom. The van der Waals surface area contributed by atoms with Gasteiger partial charge in [-0.15, -0.1) is 0 Å². The normalized spacial score (nSPS) is 12.1. The molecule has 0 heterocycles. The van der Waals surface area contributed by atoms with Gasteiger partial charge in [-0.25, -0.2) is 0 Å². The van der Waals surface area contributed by atoms with Gasteiger partial charge in [-0.05, 0) is 48.9 Å². The molecule has 2 aromatic carbocycles. The van der Waals surface area contributed by atoms with Crippen molar-refractivity contribution in [1.82, 2.24) is 0 Å². The van der Waals surface area contributed by atoms with Crippen LogP contribution in [0.3, 0.4) is 0 Å². The van der Waals surface area contributed by atoms with E-state index in [4.69, 9.17) is 0 Å². The summed E-state index contributed by atoms with van der Waals surface area (Å²) in [5, 5.41) is 2.83. The second-order valence-corrected chi connectivity index (χ2v) is 7.98. The molecule has 0 saturated carbocycles. The molecule has 1 nitrogen and oxygen atoms in total. The van der Waals surface area contributed by atoms with Crippen molar-refractivity contribution in [3.63, 3.8) is 0 Å². The largest absolute Gasteiger partial charge is 1.00 e. The second kappa shape index (κ2) is 14.9. The summed E-state index contributed by atoms with van der Waals surface area (Å²) in [7, 11) is 2.31. The van der Waals surface area contributed by atoms with Gasteiger partial charge in [0.15, 0.2) is 0 Å². The van der Waals surface area contributed by atoms with Gasteiger partial charge in [0.25, 0.3) is 0 Å². The molecule has 0 fully saturated rings. The lowest BCUT2D eigenvalue weighted by Gasteiger charge is -2.10. The predicted octanol–water partition coefficient (Wildman–Crippen LogP) is 2.82. The van der Waals surface area contributed by atoms with Crippen LogP contribution in [0, 0.1) is 0 Å². The van der Waals surface area contributed by atoms with E-state index in [1.54, 1.807) is 4.90 Å². The predicted molar refractivity (Wildman–Crippen MR) is 116 cm³/mol. The Hall–Kier alpha value is -1.05. The lowest BCUT2D eigenvalue weighted by molar-refractivity contribution is -0.877. The fourth-order valence-electron chi connectivity index (χ4n) is 3.84. The molecule has 1 unspecified atom stereocenters. The Labute approximate surface area is 174 Å². The fourth-order valence-corrected chi connectivity index (χ4v) is 3.84. The topological polar surface area (TPSA) is 4.44 Å². The second-order valence-electron chi connectivity index (χ2n) is 7.98. The van der Waals surface area contributed by atoms with Gasteiger partial charge >= 0.3 is 0 Å². The molecule has 2 rings (SSSR count). The van der Waals surface area contributed by atoms with Crippen LogP contribution in [0.4, 0.5) is 0 Å². The van der Waals surface area contributed by atoms with Crippen LogP contribution in [0.1, 0.15) is 76.7 Å². The fraction of sp³-hybridized carbons (Fsp3) is 0.600. The molecule has 0 bridgehead atoms. The first-order valence-electron chi connectivity index (χ1n) is 11.1. The zero-order chi connectivity index (χ0) is 18.5. The summed E-state index contributed by atoms with van der Waals surface area (Å²) >= 11 is 0. The SMILES string of the molecule is CC[NH+](C)CCCCCCCCCCCCc1cccc2ccccc12.[Cl-]. The number of aryl methyl sites for hydroxylation is 1. The number of benzene rings is 2. The van der Waals surface area contributed by atoms with Gasteiger partial charge in [-0.2, -0.15) is 0 Å². The van der Waals surface area contributed by atoms with Gasteiger partial charge in [-0.1, -0.05) is 87.4 Å². The van der Waals surface area contributed by atoms with Gasteiger partial charge in [0.05, 0.1) is 20.1 Å². The third kappa shape index (κ3) is 9.63. The highest BCUT2D eigenvalue weighted by Crippen LogP contribution is 2.20. The zero-order valence-electron chi connectivity index (χ0n) is 17.6. The molecule has 0 spiro atoms. The first kappa shape index (κ1) is 24.0. The summed E-state index contributed by atoms with van der Waals surface area (Å²) in [5.41, 5.74) is 1.53. The highest BCUT2D eigenvalue weighted by atomic mass is 35.5. The van der Waals surface area contributed by atoms with Crippen molar-refractivity contribution in [2.24, 2.45) is 0 Å². The van der Waals surface area contributed by atoms with Crippen molar-refractivity contribution in [2.45, 2.75) is 77.6 Å². The molecule has 0 amide bonds. The molecule has 2 aromatic rings.